The predicted molar refractivity (Wildman–Crippen MR) is 96.0 cm³/mol. The lowest BCUT2D eigenvalue weighted by Gasteiger charge is -2.10. The molecule has 24 heavy (non-hydrogen) atoms. The predicted octanol–water partition coefficient (Wildman–Crippen LogP) is 3.89. The molecule has 124 valence electrons. The van der Waals surface area contributed by atoms with E-state index in [0.29, 0.717) is 0 Å². The number of hydrogen-bond acceptors (Lipinski definition) is 3. The van der Waals surface area contributed by atoms with Gasteiger partial charge in [-0.05, 0) is 23.8 Å². The second-order valence-corrected chi connectivity index (χ2v) is 7.48. The number of benzene rings is 2. The summed E-state index contributed by atoms with van der Waals surface area (Å²) in [5.74, 6) is -0.660. The molecule has 0 spiro atoms. The van der Waals surface area contributed by atoms with E-state index in [4.69, 9.17) is 23.2 Å². The fraction of sp³-hybridized carbons (Fsp3) is 0. The van der Waals surface area contributed by atoms with Gasteiger partial charge in [-0.25, -0.2) is 8.42 Å². The first-order valence-electron chi connectivity index (χ1n) is 6.81. The van der Waals surface area contributed by atoms with Crippen LogP contribution in [0, 0.1) is 0 Å². The largest absolute Gasteiger partial charge is 0.311 e. The van der Waals surface area contributed by atoms with Gasteiger partial charge >= 0.3 is 0 Å². The summed E-state index contributed by atoms with van der Waals surface area (Å²) in [7, 11) is -4.03. The van der Waals surface area contributed by atoms with Gasteiger partial charge < -0.3 is 5.32 Å². The molecular formula is C17H13Cl2NO3S. The molecule has 0 saturated carbocycles. The maximum absolute atomic E-state index is 12.5. The molecule has 1 amide bonds. The zero-order chi connectivity index (χ0) is 17.6. The molecule has 0 aromatic heterocycles. The van der Waals surface area contributed by atoms with Crippen molar-refractivity contribution < 1.29 is 13.2 Å². The van der Waals surface area contributed by atoms with Gasteiger partial charge in [-0.1, -0.05) is 71.7 Å². The lowest BCUT2D eigenvalue weighted by atomic mass is 10.2. The first-order valence-corrected chi connectivity index (χ1v) is 9.04. The highest BCUT2D eigenvalue weighted by Gasteiger charge is 2.24. The smallest absolute Gasteiger partial charge is 0.248 e. The van der Waals surface area contributed by atoms with Crippen molar-refractivity contribution >= 4 is 45.0 Å². The lowest BCUT2D eigenvalue weighted by molar-refractivity contribution is -0.115. The molecular weight excluding hydrogens is 369 g/mol. The van der Waals surface area contributed by atoms with Crippen LogP contribution in [0.1, 0.15) is 5.56 Å². The van der Waals surface area contributed by atoms with E-state index in [0.717, 1.165) is 5.56 Å². The third kappa shape index (κ3) is 4.71. The van der Waals surface area contributed by atoms with Gasteiger partial charge in [-0.15, -0.1) is 0 Å². The summed E-state index contributed by atoms with van der Waals surface area (Å²) in [4.78, 5) is 12.0. The molecule has 0 aliphatic heterocycles. The van der Waals surface area contributed by atoms with E-state index < -0.39 is 25.3 Å². The Morgan fingerprint density at radius 2 is 1.46 bits per heavy atom. The summed E-state index contributed by atoms with van der Waals surface area (Å²) in [6.45, 7) is 0. The Bertz CT molecular complexity index is 873. The van der Waals surface area contributed by atoms with E-state index in [1.54, 1.807) is 36.4 Å². The number of carbonyl (C=O) groups is 1. The molecule has 2 rings (SSSR count). The second-order valence-electron chi connectivity index (χ2n) is 4.64. The van der Waals surface area contributed by atoms with Crippen LogP contribution < -0.4 is 5.32 Å². The number of carbonyl (C=O) groups excluding carboxylic acids is 1. The number of amides is 1. The Labute approximate surface area is 150 Å². The molecule has 1 N–H and O–H groups in total. The van der Waals surface area contributed by atoms with Crippen LogP contribution in [0.3, 0.4) is 0 Å². The summed E-state index contributed by atoms with van der Waals surface area (Å²) in [6.07, 6.45) is 2.75. The van der Waals surface area contributed by atoms with Crippen molar-refractivity contribution in [1.29, 1.82) is 0 Å². The number of sulfone groups is 1. The second kappa shape index (κ2) is 8.15. The number of halogens is 2. The number of rotatable bonds is 5. The van der Waals surface area contributed by atoms with E-state index >= 15 is 0 Å². The highest BCUT2D eigenvalue weighted by molar-refractivity contribution is 7.95. The first kappa shape index (κ1) is 18.3. The maximum Gasteiger partial charge on any atom is 0.248 e. The van der Waals surface area contributed by atoms with E-state index in [9.17, 15) is 13.2 Å². The van der Waals surface area contributed by atoms with Gasteiger partial charge in [0.15, 0.2) is 5.03 Å². The molecule has 0 unspecified atom stereocenters. The van der Waals surface area contributed by atoms with Gasteiger partial charge in [0.2, 0.25) is 15.7 Å². The zero-order valence-corrected chi connectivity index (χ0v) is 14.6. The number of nitrogens with one attached hydrogen (secondary N) is 1. The maximum atomic E-state index is 12.5. The molecule has 0 bridgehead atoms. The molecule has 2 aromatic carbocycles. The summed E-state index contributed by atoms with van der Waals surface area (Å²) in [5, 5.41) is 1.67. The van der Waals surface area contributed by atoms with Crippen LogP contribution in [0.25, 0.3) is 6.08 Å². The van der Waals surface area contributed by atoms with Crippen molar-refractivity contribution in [3.05, 3.63) is 81.8 Å². The average Bonchev–Trinajstić information content (AvgIpc) is 2.59. The van der Waals surface area contributed by atoms with E-state index in [1.807, 2.05) is 18.2 Å². The Hall–Kier alpha value is -2.08. The summed E-state index contributed by atoms with van der Waals surface area (Å²) >= 11 is 11.3. The Morgan fingerprint density at radius 1 is 0.917 bits per heavy atom. The average molecular weight is 382 g/mol. The van der Waals surface area contributed by atoms with Crippen molar-refractivity contribution in [3.8, 4) is 0 Å². The van der Waals surface area contributed by atoms with Crippen LogP contribution in [0.15, 0.2) is 81.2 Å². The minimum atomic E-state index is -4.03. The highest BCUT2D eigenvalue weighted by atomic mass is 35.5. The van der Waals surface area contributed by atoms with Crippen molar-refractivity contribution in [3.63, 3.8) is 0 Å². The topological polar surface area (TPSA) is 63.2 Å². The van der Waals surface area contributed by atoms with E-state index in [-0.39, 0.29) is 4.90 Å². The van der Waals surface area contributed by atoms with Crippen LogP contribution in [-0.2, 0) is 14.6 Å². The van der Waals surface area contributed by atoms with Crippen LogP contribution in [0.4, 0.5) is 0 Å². The molecule has 0 saturated heterocycles. The van der Waals surface area contributed by atoms with Crippen LogP contribution in [0.2, 0.25) is 0 Å². The first-order chi connectivity index (χ1) is 11.4. The van der Waals surface area contributed by atoms with Gasteiger partial charge in [0.1, 0.15) is 4.49 Å². The quantitative estimate of drug-likeness (QED) is 0.798. The highest BCUT2D eigenvalue weighted by Crippen LogP contribution is 2.24. The van der Waals surface area contributed by atoms with Crippen molar-refractivity contribution in [2.24, 2.45) is 0 Å². The molecule has 7 heteroatoms. The Balaban J connectivity index is 2.23. The summed E-state index contributed by atoms with van der Waals surface area (Å²) in [6, 6.07) is 16.6. The van der Waals surface area contributed by atoms with Crippen molar-refractivity contribution in [2.45, 2.75) is 4.90 Å². The van der Waals surface area contributed by atoms with E-state index in [1.165, 1.54) is 18.2 Å². The fourth-order valence-corrected chi connectivity index (χ4v) is 3.72. The Morgan fingerprint density at radius 3 is 2.00 bits per heavy atom. The minimum absolute atomic E-state index is 0.0221. The van der Waals surface area contributed by atoms with Gasteiger partial charge in [-0.2, -0.15) is 0 Å². The van der Waals surface area contributed by atoms with Crippen molar-refractivity contribution in [1.82, 2.24) is 5.32 Å². The summed E-state index contributed by atoms with van der Waals surface area (Å²) in [5.41, 5.74) is 0.793. The SMILES string of the molecule is O=C(C=Cc1ccccc1)NC(=C(Cl)Cl)S(=O)(=O)c1ccccc1. The third-order valence-corrected chi connectivity index (χ3v) is 5.30. The van der Waals surface area contributed by atoms with Gasteiger partial charge in [0, 0.05) is 6.08 Å². The third-order valence-electron chi connectivity index (χ3n) is 2.96. The molecule has 0 fully saturated rings. The Kier molecular flexibility index (Phi) is 6.20. The van der Waals surface area contributed by atoms with Crippen LogP contribution in [0.5, 0.6) is 0 Å². The molecule has 0 heterocycles. The molecule has 0 aliphatic rings. The standard InChI is InChI=1S/C17H13Cl2NO3S/c18-16(19)17(24(22,23)14-9-5-2-6-10-14)20-15(21)12-11-13-7-3-1-4-8-13/h1-12H,(H,20,21). The van der Waals surface area contributed by atoms with E-state index in [2.05, 4.69) is 5.32 Å². The van der Waals surface area contributed by atoms with Gasteiger partial charge in [0.05, 0.1) is 4.90 Å². The van der Waals surface area contributed by atoms with Crippen LogP contribution in [-0.4, -0.2) is 14.3 Å². The molecule has 4 nitrogen and oxygen atoms in total. The van der Waals surface area contributed by atoms with Crippen LogP contribution >= 0.6 is 23.2 Å². The molecule has 0 radical (unpaired) electrons. The normalized spacial score (nSPS) is 11.2. The molecule has 0 aliphatic carbocycles. The van der Waals surface area contributed by atoms with Crippen molar-refractivity contribution in [2.75, 3.05) is 0 Å². The van der Waals surface area contributed by atoms with Gasteiger partial charge in [-0.3, -0.25) is 4.79 Å². The lowest BCUT2D eigenvalue weighted by Crippen LogP contribution is -2.26. The monoisotopic (exact) mass is 381 g/mol. The fourth-order valence-electron chi connectivity index (χ4n) is 1.82. The number of hydrogen-bond donors (Lipinski definition) is 1. The minimum Gasteiger partial charge on any atom is -0.311 e. The molecule has 2 aromatic rings. The zero-order valence-electron chi connectivity index (χ0n) is 12.3. The van der Waals surface area contributed by atoms with Gasteiger partial charge in [0.25, 0.3) is 0 Å². The molecule has 0 atom stereocenters. The summed E-state index contributed by atoms with van der Waals surface area (Å²) < 4.78 is 24.5.